The van der Waals surface area contributed by atoms with E-state index in [1.54, 1.807) is 37.1 Å². The molecule has 464 valence electrons. The van der Waals surface area contributed by atoms with Crippen LogP contribution in [-0.2, 0) is 54.5 Å². The molecule has 7 atom stereocenters. The molecule has 1 aromatic rings. The van der Waals surface area contributed by atoms with Crippen LogP contribution in [0.5, 0.6) is 0 Å². The molecule has 7 unspecified atom stereocenters. The Morgan fingerprint density at radius 1 is 0.852 bits per heavy atom. The Hall–Kier alpha value is -4.92. The van der Waals surface area contributed by atoms with E-state index >= 15 is 0 Å². The topological polar surface area (TPSA) is 208 Å². The van der Waals surface area contributed by atoms with Gasteiger partial charge in [-0.15, -0.1) is 12.6 Å². The van der Waals surface area contributed by atoms with Gasteiger partial charge in [-0.3, -0.25) is 43.3 Å². The van der Waals surface area contributed by atoms with Gasteiger partial charge in [-0.05, 0) is 129 Å². The zero-order chi connectivity index (χ0) is 61.9. The number of hydrogen-bond donors (Lipinski definition) is 5. The lowest BCUT2D eigenvalue weighted by Crippen LogP contribution is -2.53. The summed E-state index contributed by atoms with van der Waals surface area (Å²) in [5, 5.41) is 8.50. The number of carbonyl (C=O) groups excluding carboxylic acids is 7. The van der Waals surface area contributed by atoms with Crippen molar-refractivity contribution in [3.8, 4) is 0 Å². The molecule has 2 heterocycles. The Balaban J connectivity index is 0. The number of hydrogen-bond acceptors (Lipinski definition) is 12. The molecule has 2 saturated heterocycles. The largest absolute Gasteiger partial charge is 0.379 e. The van der Waals surface area contributed by atoms with Gasteiger partial charge in [0.1, 0.15) is 0 Å². The maximum atomic E-state index is 12.6. The fourth-order valence-corrected chi connectivity index (χ4v) is 9.99. The number of thiol groups is 1. The number of benzene rings is 1. The zero-order valence-electron chi connectivity index (χ0n) is 52.7. The number of amides is 6. The number of nitrogens with zero attached hydrogens (tertiary/aromatic N) is 4. The van der Waals surface area contributed by atoms with Gasteiger partial charge < -0.3 is 40.1 Å². The lowest BCUT2D eigenvalue weighted by atomic mass is 9.91. The zero-order valence-corrected chi connectivity index (χ0v) is 53.6. The molecule has 81 heavy (non-hydrogen) atoms. The van der Waals surface area contributed by atoms with Crippen LogP contribution in [0.1, 0.15) is 152 Å². The van der Waals surface area contributed by atoms with Gasteiger partial charge >= 0.3 is 0 Å². The van der Waals surface area contributed by atoms with Crippen molar-refractivity contribution in [2.24, 2.45) is 23.7 Å². The van der Waals surface area contributed by atoms with E-state index < -0.39 is 0 Å². The summed E-state index contributed by atoms with van der Waals surface area (Å²) in [6.07, 6.45) is 19.1. The number of rotatable bonds is 31. The second kappa shape index (κ2) is 47.6. The second-order valence-corrected chi connectivity index (χ2v) is 21.7. The van der Waals surface area contributed by atoms with Gasteiger partial charge in [0.05, 0.1) is 49.4 Å². The summed E-state index contributed by atoms with van der Waals surface area (Å²) in [5.41, 5.74) is 5.02. The summed E-state index contributed by atoms with van der Waals surface area (Å²) < 4.78 is 11.0. The van der Waals surface area contributed by atoms with Gasteiger partial charge in [-0.1, -0.05) is 123 Å². The number of likely N-dealkylation sites (N-methyl/N-ethyl adjacent to an activating group) is 2. The molecule has 0 aromatic heterocycles. The average molecular weight is 1160 g/mol. The van der Waals surface area contributed by atoms with Crippen LogP contribution in [0.2, 0.25) is 0 Å². The summed E-state index contributed by atoms with van der Waals surface area (Å²) in [6, 6.07) is 7.09. The Morgan fingerprint density at radius 3 is 1.96 bits per heavy atom. The summed E-state index contributed by atoms with van der Waals surface area (Å²) in [6.45, 7) is 30.5. The second-order valence-electron chi connectivity index (χ2n) is 21.3. The molecule has 2 aliphatic rings. The van der Waals surface area contributed by atoms with Gasteiger partial charge in [-0.2, -0.15) is 0 Å². The van der Waals surface area contributed by atoms with E-state index in [0.717, 1.165) is 102 Å². The molecule has 2 aliphatic heterocycles. The van der Waals surface area contributed by atoms with Crippen LogP contribution in [0, 0.1) is 23.7 Å². The first-order valence-corrected chi connectivity index (χ1v) is 29.8. The van der Waals surface area contributed by atoms with Crippen molar-refractivity contribution < 1.29 is 47.9 Å². The number of anilines is 1. The highest BCUT2D eigenvalue weighted by molar-refractivity contribution is 7.96. The van der Waals surface area contributed by atoms with E-state index in [0.29, 0.717) is 25.3 Å². The third-order valence-corrected chi connectivity index (χ3v) is 14.5. The number of nitrogens with one attached hydrogen (secondary N) is 4. The number of ether oxygens (including phenoxy) is 2. The van der Waals surface area contributed by atoms with Crippen LogP contribution in [-0.4, -0.2) is 166 Å². The van der Waals surface area contributed by atoms with Crippen molar-refractivity contribution in [2.45, 2.75) is 184 Å². The highest BCUT2D eigenvalue weighted by atomic mass is 32.1. The van der Waals surface area contributed by atoms with Crippen LogP contribution < -0.4 is 21.4 Å². The number of methoxy groups -OCH3 is 2. The fourth-order valence-electron chi connectivity index (χ4n) is 9.73. The van der Waals surface area contributed by atoms with Gasteiger partial charge in [0.15, 0.2) is 5.12 Å². The van der Waals surface area contributed by atoms with Crippen LogP contribution >= 0.6 is 12.6 Å². The van der Waals surface area contributed by atoms with Gasteiger partial charge in [-0.25, -0.2) is 5.48 Å². The fraction of sp³-hybridized carbons (Fsp3) is 0.694. The Bertz CT molecular complexity index is 1950. The molecule has 4 N–H and O–H groups in total. The molecular weight excluding hydrogens is 1050 g/mol. The number of hydroxylamine groups is 1. The minimum atomic E-state index is -0.245. The molecule has 19 heteroatoms. The summed E-state index contributed by atoms with van der Waals surface area (Å²) in [5.74, 6) is 0.171. The van der Waals surface area contributed by atoms with Crippen molar-refractivity contribution in [2.75, 3.05) is 79.9 Å². The Labute approximate surface area is 495 Å². The number of carbonyl (C=O) groups is 7. The smallest absolute Gasteiger partial charge is 0.242 e. The first-order valence-electron chi connectivity index (χ1n) is 29.4. The quantitative estimate of drug-likeness (QED) is 0.0155. The van der Waals surface area contributed by atoms with E-state index in [4.69, 9.17) is 14.3 Å². The normalized spacial score (nSPS) is 16.7. The van der Waals surface area contributed by atoms with Crippen LogP contribution in [0.3, 0.4) is 0 Å². The summed E-state index contributed by atoms with van der Waals surface area (Å²) >= 11 is 3.93. The van der Waals surface area contributed by atoms with E-state index in [2.05, 4.69) is 80.2 Å². The van der Waals surface area contributed by atoms with Gasteiger partial charge in [0.2, 0.25) is 36.4 Å². The van der Waals surface area contributed by atoms with Crippen molar-refractivity contribution in [1.29, 1.82) is 0 Å². The van der Waals surface area contributed by atoms with Crippen molar-refractivity contribution in [3.05, 3.63) is 66.3 Å². The summed E-state index contributed by atoms with van der Waals surface area (Å²) in [7, 11) is 8.84. The highest BCUT2D eigenvalue weighted by Crippen LogP contribution is 2.26. The van der Waals surface area contributed by atoms with Crippen LogP contribution in [0.4, 0.5) is 5.69 Å². The van der Waals surface area contributed by atoms with E-state index in [-0.39, 0.29) is 90.0 Å². The van der Waals surface area contributed by atoms with Gasteiger partial charge in [0.25, 0.3) is 0 Å². The average Bonchev–Trinajstić information content (AvgIpc) is 3.97. The molecular formula is C62H110N8O10S. The molecule has 0 saturated carbocycles. The van der Waals surface area contributed by atoms with Crippen LogP contribution in [0.15, 0.2) is 60.7 Å². The molecule has 0 aliphatic carbocycles. The predicted molar refractivity (Wildman–Crippen MR) is 332 cm³/mol. The number of likely N-dealkylation sites (tertiary alicyclic amines) is 2. The molecule has 0 bridgehead atoms. The highest BCUT2D eigenvalue weighted by Gasteiger charge is 2.37. The first kappa shape index (κ1) is 78.1. The maximum absolute atomic E-state index is 12.6. The lowest BCUT2D eigenvalue weighted by Gasteiger charge is -2.37. The maximum Gasteiger partial charge on any atom is 0.242 e. The number of allylic oxidation sites excluding steroid dienone is 5. The molecule has 1 aromatic carbocycles. The minimum absolute atomic E-state index is 0.000790. The third-order valence-electron chi connectivity index (χ3n) is 14.1. The van der Waals surface area contributed by atoms with E-state index in [1.165, 1.54) is 12.0 Å². The SMILES string of the molecule is C=C/C=C(C)\C=C/C.CCC.CCC(C)C(C(CC)OC)N(C)C(=O)CNC(=O)C(C(C)C)N(C)C.CCNC(=O)C(C)C(OC)C1CCCN1C=O.O=CNOCc1ccc(NC(=O)CCCCCN2CCC(C(=O)S)CC2)cc1. The van der Waals surface area contributed by atoms with E-state index in [9.17, 15) is 33.6 Å². The Kier molecular flexibility index (Phi) is 45.9. The lowest BCUT2D eigenvalue weighted by molar-refractivity contribution is -0.138. The van der Waals surface area contributed by atoms with Crippen molar-refractivity contribution in [1.82, 2.24) is 35.7 Å². The molecule has 6 amide bonds. The third kappa shape index (κ3) is 33.1. The molecule has 18 nitrogen and oxygen atoms in total. The van der Waals surface area contributed by atoms with Gasteiger partial charge in [0, 0.05) is 52.4 Å². The number of unbranched alkanes of at least 4 members (excludes halogenated alkanes) is 2. The molecule has 2 fully saturated rings. The number of piperidine rings is 1. The monoisotopic (exact) mass is 1160 g/mol. The predicted octanol–water partition coefficient (Wildman–Crippen LogP) is 9.02. The van der Waals surface area contributed by atoms with E-state index in [1.807, 2.05) is 103 Å². The summed E-state index contributed by atoms with van der Waals surface area (Å²) in [4.78, 5) is 93.8. The molecule has 0 spiro atoms. The van der Waals surface area contributed by atoms with Crippen molar-refractivity contribution in [3.63, 3.8) is 0 Å². The first-order chi connectivity index (χ1) is 38.6. The standard InChI is InChI=1S/C20H29N3O4S.C19H39N3O3.C12H22N2O3.C8H12.C3H8/c24-15-21-27-14-16-5-7-18(8-6-16)22-19(25)4-2-1-3-11-23-12-9-17(10-13-23)20(26)28;1-10-14(5)18(15(11-2)25-9)22(8)16(23)12-20-19(24)17(13(3)4)21(6)7;1-4-13-12(16)9(2)11(17-3)10-6-5-7-14(10)8-15;1-4-6-8(3)7-5-2;1-3-2/h5-8,15,17H,1-4,9-14H2,(H,21,24)(H,22,25)(H,26,28);13-15,17-18H,10-12H2,1-9H3,(H,20,24);8-11H,4-7H2,1-3H3,(H,13,16);4-7H,1H2,2-3H3;3H2,1-2H3/b;;;7-5-,8-6-;. The molecule has 0 radical (unpaired) electrons. The van der Waals surface area contributed by atoms with Crippen molar-refractivity contribution >= 4 is 59.9 Å². The van der Waals surface area contributed by atoms with Crippen LogP contribution in [0.25, 0.3) is 0 Å². The Morgan fingerprint density at radius 2 is 1.48 bits per heavy atom. The minimum Gasteiger partial charge on any atom is -0.379 e. The molecule has 3 rings (SSSR count).